The highest BCUT2D eigenvalue weighted by Crippen LogP contribution is 2.37. The lowest BCUT2D eigenvalue weighted by Gasteiger charge is -2.12. The second kappa shape index (κ2) is 7.51. The number of imide groups is 1. The van der Waals surface area contributed by atoms with E-state index in [2.05, 4.69) is 15.9 Å². The summed E-state index contributed by atoms with van der Waals surface area (Å²) >= 11 is 4.14. The van der Waals surface area contributed by atoms with Gasteiger partial charge in [-0.05, 0) is 53.2 Å². The van der Waals surface area contributed by atoms with Crippen molar-refractivity contribution in [3.8, 4) is 11.5 Å². The van der Waals surface area contributed by atoms with Gasteiger partial charge in [0.05, 0.1) is 18.6 Å². The summed E-state index contributed by atoms with van der Waals surface area (Å²) in [5, 5.41) is 9.36. The fourth-order valence-electron chi connectivity index (χ4n) is 2.38. The number of hydrogen-bond acceptors (Lipinski definition) is 5. The molecule has 2 aromatic carbocycles. The second-order valence-electron chi connectivity index (χ2n) is 5.44. The summed E-state index contributed by atoms with van der Waals surface area (Å²) < 4.78 is 18.6. The topological polar surface area (TPSA) is 66.8 Å². The van der Waals surface area contributed by atoms with Crippen LogP contribution in [0.3, 0.4) is 0 Å². The Morgan fingerprint density at radius 3 is 2.62 bits per heavy atom. The summed E-state index contributed by atoms with van der Waals surface area (Å²) in [4.78, 5) is 26.1. The average molecular weight is 438 g/mol. The van der Waals surface area contributed by atoms with Crippen LogP contribution in [0.4, 0.5) is 9.18 Å². The third-order valence-electron chi connectivity index (χ3n) is 3.71. The van der Waals surface area contributed by atoms with E-state index < -0.39 is 11.1 Å². The molecule has 0 radical (unpaired) electrons. The van der Waals surface area contributed by atoms with Gasteiger partial charge in [0.25, 0.3) is 11.1 Å². The van der Waals surface area contributed by atoms with Crippen LogP contribution in [-0.4, -0.2) is 28.3 Å². The molecule has 1 N–H and O–H groups in total. The number of ether oxygens (including phenoxy) is 1. The number of halogens is 2. The van der Waals surface area contributed by atoms with Crippen molar-refractivity contribution >= 4 is 44.9 Å². The average Bonchev–Trinajstić information content (AvgIpc) is 2.86. The first-order valence-corrected chi connectivity index (χ1v) is 9.06. The number of methoxy groups -OCH3 is 1. The minimum atomic E-state index is -0.428. The third kappa shape index (κ3) is 3.76. The van der Waals surface area contributed by atoms with E-state index in [0.717, 1.165) is 16.7 Å². The molecule has 0 unspecified atom stereocenters. The maximum Gasteiger partial charge on any atom is 0.293 e. The number of carbonyl (C=O) groups excluding carboxylic acids is 2. The van der Waals surface area contributed by atoms with Crippen LogP contribution < -0.4 is 4.74 Å². The van der Waals surface area contributed by atoms with Gasteiger partial charge in [-0.25, -0.2) is 4.39 Å². The lowest BCUT2D eigenvalue weighted by atomic mass is 10.1. The molecule has 1 aliphatic heterocycles. The number of benzene rings is 2. The Morgan fingerprint density at radius 2 is 1.96 bits per heavy atom. The van der Waals surface area contributed by atoms with Crippen molar-refractivity contribution in [1.82, 2.24) is 4.90 Å². The predicted molar refractivity (Wildman–Crippen MR) is 100 cm³/mol. The molecule has 0 bridgehead atoms. The summed E-state index contributed by atoms with van der Waals surface area (Å²) in [7, 11) is 1.42. The SMILES string of the molecule is COc1cc(C=C2SC(=O)N(Cc3ccc(F)cc3)C2=O)c(Br)cc1O. The summed E-state index contributed by atoms with van der Waals surface area (Å²) in [5.41, 5.74) is 1.24. The van der Waals surface area contributed by atoms with Gasteiger partial charge in [-0.3, -0.25) is 14.5 Å². The normalized spacial score (nSPS) is 15.8. The quantitative estimate of drug-likeness (QED) is 0.711. The van der Waals surface area contributed by atoms with Gasteiger partial charge in [0.2, 0.25) is 0 Å². The number of amides is 2. The molecule has 5 nitrogen and oxygen atoms in total. The molecule has 2 amide bonds. The number of aromatic hydroxyl groups is 1. The van der Waals surface area contributed by atoms with E-state index in [0.29, 0.717) is 15.6 Å². The minimum Gasteiger partial charge on any atom is -0.504 e. The molecule has 8 heteroatoms. The lowest BCUT2D eigenvalue weighted by Crippen LogP contribution is -2.27. The molecule has 2 aromatic rings. The Balaban J connectivity index is 1.86. The van der Waals surface area contributed by atoms with Crippen molar-refractivity contribution in [2.45, 2.75) is 6.54 Å². The Hall–Kier alpha value is -2.32. The Labute approximate surface area is 161 Å². The van der Waals surface area contributed by atoms with Crippen molar-refractivity contribution in [3.05, 3.63) is 62.7 Å². The number of rotatable bonds is 4. The highest BCUT2D eigenvalue weighted by atomic mass is 79.9. The first-order valence-electron chi connectivity index (χ1n) is 7.45. The minimum absolute atomic E-state index is 0.0408. The summed E-state index contributed by atoms with van der Waals surface area (Å²) in [6.07, 6.45) is 1.56. The van der Waals surface area contributed by atoms with Gasteiger partial charge in [-0.15, -0.1) is 0 Å². The zero-order valence-electron chi connectivity index (χ0n) is 13.5. The highest BCUT2D eigenvalue weighted by Gasteiger charge is 2.35. The predicted octanol–water partition coefficient (Wildman–Crippen LogP) is 4.54. The van der Waals surface area contributed by atoms with Gasteiger partial charge in [0.1, 0.15) is 5.82 Å². The molecule has 3 rings (SSSR count). The van der Waals surface area contributed by atoms with Crippen LogP contribution in [0, 0.1) is 5.82 Å². The van der Waals surface area contributed by atoms with Crippen molar-refractivity contribution in [3.63, 3.8) is 0 Å². The maximum absolute atomic E-state index is 13.0. The molecule has 1 heterocycles. The third-order valence-corrected chi connectivity index (χ3v) is 5.31. The molecule has 0 saturated carbocycles. The molecule has 134 valence electrons. The van der Waals surface area contributed by atoms with E-state index in [1.54, 1.807) is 12.1 Å². The largest absolute Gasteiger partial charge is 0.504 e. The van der Waals surface area contributed by atoms with Gasteiger partial charge in [-0.2, -0.15) is 0 Å². The monoisotopic (exact) mass is 437 g/mol. The standard InChI is InChI=1S/C18H13BrFNO4S/c1-25-15-6-11(13(19)8-14(15)22)7-16-17(23)21(18(24)26-16)9-10-2-4-12(20)5-3-10/h2-8,22H,9H2,1H3. The van der Waals surface area contributed by atoms with E-state index in [1.165, 1.54) is 37.4 Å². The van der Waals surface area contributed by atoms with Gasteiger partial charge in [0.15, 0.2) is 11.5 Å². The van der Waals surface area contributed by atoms with E-state index in [-0.39, 0.29) is 28.8 Å². The van der Waals surface area contributed by atoms with Crippen molar-refractivity contribution < 1.29 is 23.8 Å². The van der Waals surface area contributed by atoms with Crippen LogP contribution in [0.15, 0.2) is 45.8 Å². The fourth-order valence-corrected chi connectivity index (χ4v) is 3.66. The van der Waals surface area contributed by atoms with Gasteiger partial charge >= 0.3 is 0 Å². The van der Waals surface area contributed by atoms with E-state index in [4.69, 9.17) is 4.74 Å². The molecule has 1 fully saturated rings. The summed E-state index contributed by atoms with van der Waals surface area (Å²) in [6, 6.07) is 8.64. The number of carbonyl (C=O) groups is 2. The fraction of sp³-hybridized carbons (Fsp3) is 0.111. The van der Waals surface area contributed by atoms with Gasteiger partial charge in [-0.1, -0.05) is 28.1 Å². The molecule has 1 aliphatic rings. The zero-order chi connectivity index (χ0) is 18.8. The van der Waals surface area contributed by atoms with Crippen LogP contribution in [0.1, 0.15) is 11.1 Å². The van der Waals surface area contributed by atoms with Gasteiger partial charge < -0.3 is 9.84 Å². The van der Waals surface area contributed by atoms with E-state index >= 15 is 0 Å². The lowest BCUT2D eigenvalue weighted by molar-refractivity contribution is -0.123. The molecule has 1 saturated heterocycles. The van der Waals surface area contributed by atoms with Crippen molar-refractivity contribution in [2.75, 3.05) is 7.11 Å². The second-order valence-corrected chi connectivity index (χ2v) is 7.29. The maximum atomic E-state index is 13.0. The summed E-state index contributed by atoms with van der Waals surface area (Å²) in [6.45, 7) is 0.0718. The van der Waals surface area contributed by atoms with Crippen LogP contribution in [0.25, 0.3) is 6.08 Å². The van der Waals surface area contributed by atoms with Crippen LogP contribution in [0.2, 0.25) is 0 Å². The zero-order valence-corrected chi connectivity index (χ0v) is 15.9. The summed E-state index contributed by atoms with van der Waals surface area (Å²) in [5.74, 6) is -0.594. The molecular formula is C18H13BrFNO4S. The number of phenols is 1. The Morgan fingerprint density at radius 1 is 1.27 bits per heavy atom. The van der Waals surface area contributed by atoms with Crippen LogP contribution in [-0.2, 0) is 11.3 Å². The highest BCUT2D eigenvalue weighted by molar-refractivity contribution is 9.10. The smallest absolute Gasteiger partial charge is 0.293 e. The van der Waals surface area contributed by atoms with Crippen LogP contribution >= 0.6 is 27.7 Å². The Kier molecular flexibility index (Phi) is 5.33. The Bertz CT molecular complexity index is 914. The first kappa shape index (κ1) is 18.5. The first-order chi connectivity index (χ1) is 12.4. The van der Waals surface area contributed by atoms with Crippen molar-refractivity contribution in [2.24, 2.45) is 0 Å². The molecule has 0 atom stereocenters. The molecule has 0 spiro atoms. The van der Waals surface area contributed by atoms with E-state index in [1.807, 2.05) is 0 Å². The molecular weight excluding hydrogens is 425 g/mol. The van der Waals surface area contributed by atoms with E-state index in [9.17, 15) is 19.1 Å². The number of phenolic OH excluding ortho intramolecular Hbond substituents is 1. The van der Waals surface area contributed by atoms with Crippen LogP contribution in [0.5, 0.6) is 11.5 Å². The number of nitrogens with zero attached hydrogens (tertiary/aromatic N) is 1. The number of thioether (sulfide) groups is 1. The molecule has 0 aliphatic carbocycles. The van der Waals surface area contributed by atoms with Crippen molar-refractivity contribution in [1.29, 1.82) is 0 Å². The van der Waals surface area contributed by atoms with Gasteiger partial charge in [0, 0.05) is 4.47 Å². The molecule has 0 aromatic heterocycles. The molecule has 26 heavy (non-hydrogen) atoms. The number of hydrogen-bond donors (Lipinski definition) is 1.